The van der Waals surface area contributed by atoms with Gasteiger partial charge in [0.05, 0.1) is 11.3 Å². The van der Waals surface area contributed by atoms with Crippen molar-refractivity contribution in [2.45, 2.75) is 13.1 Å². The van der Waals surface area contributed by atoms with Crippen molar-refractivity contribution in [2.24, 2.45) is 5.73 Å². The van der Waals surface area contributed by atoms with Crippen molar-refractivity contribution in [2.75, 3.05) is 10.6 Å². The number of pyridine rings is 2. The molecule has 0 spiro atoms. The molecule has 8 heteroatoms. The predicted molar refractivity (Wildman–Crippen MR) is 132 cm³/mol. The number of rotatable bonds is 9. The molecule has 4 aromatic rings. The van der Waals surface area contributed by atoms with Crippen LogP contribution >= 0.6 is 0 Å². The van der Waals surface area contributed by atoms with Gasteiger partial charge in [-0.2, -0.15) is 0 Å². The van der Waals surface area contributed by atoms with Crippen LogP contribution in [-0.4, -0.2) is 21.8 Å². The Kier molecular flexibility index (Phi) is 7.09. The fraction of sp³-hybridized carbons (Fsp3) is 0.0769. The lowest BCUT2D eigenvalue weighted by Gasteiger charge is -2.13. The summed E-state index contributed by atoms with van der Waals surface area (Å²) in [5, 5.41) is 9.33. The number of primary amides is 1. The van der Waals surface area contributed by atoms with E-state index < -0.39 is 5.91 Å². The molecule has 2 heterocycles. The maximum atomic E-state index is 12.4. The highest BCUT2D eigenvalue weighted by Gasteiger charge is 2.11. The minimum absolute atomic E-state index is 0.167. The Bertz CT molecular complexity index is 1260. The van der Waals surface area contributed by atoms with Crippen LogP contribution in [0.4, 0.5) is 17.2 Å². The van der Waals surface area contributed by atoms with Crippen LogP contribution in [0.25, 0.3) is 0 Å². The van der Waals surface area contributed by atoms with Crippen molar-refractivity contribution in [3.05, 3.63) is 114 Å². The van der Waals surface area contributed by atoms with Gasteiger partial charge in [-0.1, -0.05) is 30.3 Å². The average molecular weight is 453 g/mol. The van der Waals surface area contributed by atoms with Gasteiger partial charge in [0.1, 0.15) is 5.82 Å². The van der Waals surface area contributed by atoms with Crippen LogP contribution in [0, 0.1) is 0 Å². The van der Waals surface area contributed by atoms with Gasteiger partial charge in [0.15, 0.2) is 0 Å². The zero-order valence-electron chi connectivity index (χ0n) is 18.4. The first-order valence-electron chi connectivity index (χ1n) is 10.7. The largest absolute Gasteiger partial charge is 0.380 e. The molecule has 0 saturated carbocycles. The van der Waals surface area contributed by atoms with Crippen LogP contribution in [0.3, 0.4) is 0 Å². The van der Waals surface area contributed by atoms with E-state index in [0.717, 1.165) is 16.8 Å². The second-order valence-corrected chi connectivity index (χ2v) is 7.56. The third kappa shape index (κ3) is 5.95. The summed E-state index contributed by atoms with van der Waals surface area (Å²) in [6, 6.07) is 22.3. The van der Waals surface area contributed by atoms with E-state index in [-0.39, 0.29) is 5.91 Å². The molecule has 2 aromatic heterocycles. The molecule has 2 aromatic carbocycles. The van der Waals surface area contributed by atoms with E-state index in [4.69, 9.17) is 5.73 Å². The number of carbonyl (C=O) groups is 2. The number of aromatic nitrogens is 2. The maximum absolute atomic E-state index is 12.4. The van der Waals surface area contributed by atoms with E-state index in [9.17, 15) is 9.59 Å². The smallest absolute Gasteiger partial charge is 0.252 e. The summed E-state index contributed by atoms with van der Waals surface area (Å²) in [5.74, 6) is -0.188. The minimum atomic E-state index is -0.559. The van der Waals surface area contributed by atoms with Gasteiger partial charge < -0.3 is 21.7 Å². The second kappa shape index (κ2) is 10.7. The fourth-order valence-corrected chi connectivity index (χ4v) is 3.30. The van der Waals surface area contributed by atoms with Crippen molar-refractivity contribution in [3.8, 4) is 0 Å². The van der Waals surface area contributed by atoms with Gasteiger partial charge in [0.25, 0.3) is 11.8 Å². The van der Waals surface area contributed by atoms with Gasteiger partial charge in [-0.25, -0.2) is 4.98 Å². The number of hydrogen-bond acceptors (Lipinski definition) is 6. The van der Waals surface area contributed by atoms with Crippen LogP contribution in [0.2, 0.25) is 0 Å². The summed E-state index contributed by atoms with van der Waals surface area (Å²) >= 11 is 0. The average Bonchev–Trinajstić information content (AvgIpc) is 2.87. The quantitative estimate of drug-likeness (QED) is 0.306. The molecular weight excluding hydrogens is 428 g/mol. The SMILES string of the molecule is NC(=O)c1cnc(Nc2ccc(C(=O)NCc3ccncc3)cc2)cc1NCc1ccccc1. The highest BCUT2D eigenvalue weighted by molar-refractivity contribution is 5.98. The van der Waals surface area contributed by atoms with E-state index in [1.807, 2.05) is 42.5 Å². The van der Waals surface area contributed by atoms with Crippen LogP contribution in [0.1, 0.15) is 31.8 Å². The number of nitrogens with two attached hydrogens (primary N) is 1. The van der Waals surface area contributed by atoms with Gasteiger partial charge >= 0.3 is 0 Å². The Morgan fingerprint density at radius 1 is 0.853 bits per heavy atom. The van der Waals surface area contributed by atoms with Crippen molar-refractivity contribution in [1.29, 1.82) is 0 Å². The van der Waals surface area contributed by atoms with Gasteiger partial charge in [-0.05, 0) is 47.5 Å². The number of anilines is 3. The van der Waals surface area contributed by atoms with Gasteiger partial charge in [0.2, 0.25) is 0 Å². The first-order chi connectivity index (χ1) is 16.6. The summed E-state index contributed by atoms with van der Waals surface area (Å²) in [6.07, 6.45) is 4.82. The van der Waals surface area contributed by atoms with Crippen molar-refractivity contribution in [1.82, 2.24) is 15.3 Å². The zero-order chi connectivity index (χ0) is 23.8. The molecule has 0 unspecified atom stereocenters. The molecule has 0 radical (unpaired) electrons. The van der Waals surface area contributed by atoms with E-state index in [2.05, 4.69) is 25.9 Å². The molecule has 170 valence electrons. The summed E-state index contributed by atoms with van der Waals surface area (Å²) in [7, 11) is 0. The van der Waals surface area contributed by atoms with Gasteiger partial charge in [-0.15, -0.1) is 0 Å². The Morgan fingerprint density at radius 3 is 2.26 bits per heavy atom. The first kappa shape index (κ1) is 22.5. The number of benzene rings is 2. The molecule has 0 fully saturated rings. The first-order valence-corrected chi connectivity index (χ1v) is 10.7. The number of nitrogens with zero attached hydrogens (tertiary/aromatic N) is 2. The van der Waals surface area contributed by atoms with Crippen LogP contribution in [0.15, 0.2) is 91.4 Å². The molecule has 8 nitrogen and oxygen atoms in total. The lowest BCUT2D eigenvalue weighted by molar-refractivity contribution is 0.0949. The Morgan fingerprint density at radius 2 is 1.56 bits per heavy atom. The lowest BCUT2D eigenvalue weighted by Crippen LogP contribution is -2.22. The van der Waals surface area contributed by atoms with Crippen molar-refractivity contribution < 1.29 is 9.59 Å². The number of amides is 2. The minimum Gasteiger partial charge on any atom is -0.380 e. The maximum Gasteiger partial charge on any atom is 0.252 e. The molecule has 0 aliphatic heterocycles. The highest BCUT2D eigenvalue weighted by Crippen LogP contribution is 2.22. The standard InChI is InChI=1S/C26H24N6O2/c27-25(33)22-17-30-24(14-23(22)29-15-18-4-2-1-3-5-18)32-21-8-6-20(7-9-21)26(34)31-16-19-10-12-28-13-11-19/h1-14,17H,15-16H2,(H2,27,33)(H,31,34)(H2,29,30,32). The summed E-state index contributed by atoms with van der Waals surface area (Å²) in [4.78, 5) is 32.5. The van der Waals surface area contributed by atoms with Crippen molar-refractivity contribution >= 4 is 29.0 Å². The third-order valence-electron chi connectivity index (χ3n) is 5.12. The van der Waals surface area contributed by atoms with E-state index >= 15 is 0 Å². The topological polar surface area (TPSA) is 122 Å². The number of carbonyl (C=O) groups excluding carboxylic acids is 2. The Hall–Kier alpha value is -4.72. The summed E-state index contributed by atoms with van der Waals surface area (Å²) in [5.41, 5.74) is 9.74. The molecule has 4 rings (SSSR count). The molecule has 2 amide bonds. The molecule has 0 aliphatic carbocycles. The molecule has 0 saturated heterocycles. The molecule has 0 atom stereocenters. The number of hydrogen-bond donors (Lipinski definition) is 4. The monoisotopic (exact) mass is 452 g/mol. The Balaban J connectivity index is 1.41. The predicted octanol–water partition coefficient (Wildman–Crippen LogP) is 3.86. The van der Waals surface area contributed by atoms with Crippen LogP contribution in [0.5, 0.6) is 0 Å². The van der Waals surface area contributed by atoms with E-state index in [0.29, 0.717) is 35.7 Å². The van der Waals surface area contributed by atoms with E-state index in [1.54, 1.807) is 42.7 Å². The zero-order valence-corrected chi connectivity index (χ0v) is 18.4. The van der Waals surface area contributed by atoms with Gasteiger partial charge in [0, 0.05) is 49.0 Å². The summed E-state index contributed by atoms with van der Waals surface area (Å²) in [6.45, 7) is 0.962. The Labute approximate surface area is 197 Å². The fourth-order valence-electron chi connectivity index (χ4n) is 3.30. The third-order valence-corrected chi connectivity index (χ3v) is 5.12. The molecular formula is C26H24N6O2. The second-order valence-electron chi connectivity index (χ2n) is 7.56. The van der Waals surface area contributed by atoms with Crippen LogP contribution in [-0.2, 0) is 13.1 Å². The van der Waals surface area contributed by atoms with Crippen molar-refractivity contribution in [3.63, 3.8) is 0 Å². The highest BCUT2D eigenvalue weighted by atomic mass is 16.2. The normalized spacial score (nSPS) is 10.4. The molecule has 0 bridgehead atoms. The molecule has 34 heavy (non-hydrogen) atoms. The van der Waals surface area contributed by atoms with Gasteiger partial charge in [-0.3, -0.25) is 14.6 Å². The van der Waals surface area contributed by atoms with Crippen LogP contribution < -0.4 is 21.7 Å². The molecule has 5 N–H and O–H groups in total. The molecule has 0 aliphatic rings. The number of nitrogens with one attached hydrogen (secondary N) is 3. The van der Waals surface area contributed by atoms with E-state index in [1.165, 1.54) is 6.20 Å². The summed E-state index contributed by atoms with van der Waals surface area (Å²) < 4.78 is 0. The lowest BCUT2D eigenvalue weighted by atomic mass is 10.1.